The zero-order valence-corrected chi connectivity index (χ0v) is 11.2. The van der Waals surface area contributed by atoms with E-state index >= 15 is 0 Å². The summed E-state index contributed by atoms with van der Waals surface area (Å²) in [6.45, 7) is 9.09. The van der Waals surface area contributed by atoms with Crippen LogP contribution < -0.4 is 5.32 Å². The van der Waals surface area contributed by atoms with Crippen LogP contribution in [0.5, 0.6) is 0 Å². The predicted molar refractivity (Wildman–Crippen MR) is 64.9 cm³/mol. The third kappa shape index (κ3) is 5.56. The third-order valence-electron chi connectivity index (χ3n) is 2.56. The molecule has 0 aliphatic heterocycles. The maximum atomic E-state index is 11.5. The van der Waals surface area contributed by atoms with Gasteiger partial charge in [-0.15, -0.1) is 0 Å². The molecule has 100 valence electrons. The standard InChI is InChI=1S/C12H23NO4/c1-6-8(7-2)17-11(16)13-9(10(14)15)12(3,4)5/h8-9H,6-7H2,1-5H3,(H,13,16)(H,14,15)/t9-/m1/s1. The van der Waals surface area contributed by atoms with Gasteiger partial charge in [0.25, 0.3) is 0 Å². The Morgan fingerprint density at radius 1 is 1.24 bits per heavy atom. The van der Waals surface area contributed by atoms with Crippen LogP contribution in [0.3, 0.4) is 0 Å². The molecule has 0 unspecified atom stereocenters. The number of carboxylic acid groups (broad SMARTS) is 1. The average molecular weight is 245 g/mol. The molecule has 0 saturated heterocycles. The fourth-order valence-corrected chi connectivity index (χ4v) is 1.41. The van der Waals surface area contributed by atoms with Crippen LogP contribution in [0.2, 0.25) is 0 Å². The first kappa shape index (κ1) is 15.7. The molecule has 0 aliphatic rings. The summed E-state index contributed by atoms with van der Waals surface area (Å²) in [6.07, 6.45) is 0.611. The normalized spacial score (nSPS) is 13.3. The van der Waals surface area contributed by atoms with E-state index in [4.69, 9.17) is 9.84 Å². The Bertz CT molecular complexity index is 266. The molecule has 5 heteroatoms. The number of carbonyl (C=O) groups is 2. The number of hydrogen-bond acceptors (Lipinski definition) is 3. The van der Waals surface area contributed by atoms with E-state index in [0.717, 1.165) is 12.8 Å². The number of carboxylic acids is 1. The van der Waals surface area contributed by atoms with Crippen LogP contribution in [-0.2, 0) is 9.53 Å². The second-order valence-corrected chi connectivity index (χ2v) is 5.13. The van der Waals surface area contributed by atoms with Crippen LogP contribution in [0.1, 0.15) is 47.5 Å². The van der Waals surface area contributed by atoms with E-state index in [-0.39, 0.29) is 6.10 Å². The van der Waals surface area contributed by atoms with Gasteiger partial charge in [-0.1, -0.05) is 34.6 Å². The van der Waals surface area contributed by atoms with Crippen molar-refractivity contribution in [2.24, 2.45) is 5.41 Å². The van der Waals surface area contributed by atoms with Crippen LogP contribution in [0.4, 0.5) is 4.79 Å². The summed E-state index contributed by atoms with van der Waals surface area (Å²) in [4.78, 5) is 22.6. The molecule has 0 aromatic carbocycles. The Morgan fingerprint density at radius 3 is 2.00 bits per heavy atom. The Morgan fingerprint density at radius 2 is 1.71 bits per heavy atom. The summed E-state index contributed by atoms with van der Waals surface area (Å²) in [5, 5.41) is 11.4. The predicted octanol–water partition coefficient (Wildman–Crippen LogP) is 2.40. The maximum absolute atomic E-state index is 11.5. The molecule has 1 amide bonds. The van der Waals surface area contributed by atoms with Gasteiger partial charge in [0.2, 0.25) is 0 Å². The van der Waals surface area contributed by atoms with Crippen molar-refractivity contribution in [1.29, 1.82) is 0 Å². The van der Waals surface area contributed by atoms with Gasteiger partial charge in [0, 0.05) is 0 Å². The molecular formula is C12H23NO4. The lowest BCUT2D eigenvalue weighted by Gasteiger charge is -2.28. The third-order valence-corrected chi connectivity index (χ3v) is 2.56. The molecule has 2 N–H and O–H groups in total. The summed E-state index contributed by atoms with van der Waals surface area (Å²) in [7, 11) is 0. The highest BCUT2D eigenvalue weighted by atomic mass is 16.6. The number of amides is 1. The number of hydrogen-bond donors (Lipinski definition) is 2. The molecule has 0 radical (unpaired) electrons. The van der Waals surface area contributed by atoms with Gasteiger partial charge in [0.05, 0.1) is 0 Å². The Balaban J connectivity index is 4.48. The molecule has 0 aromatic rings. The van der Waals surface area contributed by atoms with Crippen LogP contribution in [-0.4, -0.2) is 29.3 Å². The summed E-state index contributed by atoms with van der Waals surface area (Å²) in [5.41, 5.74) is -0.557. The highest BCUT2D eigenvalue weighted by molar-refractivity contribution is 5.80. The number of nitrogens with one attached hydrogen (secondary N) is 1. The van der Waals surface area contributed by atoms with Crippen LogP contribution >= 0.6 is 0 Å². The number of alkyl carbamates (subject to hydrolysis) is 1. The molecule has 0 spiro atoms. The first-order valence-electron chi connectivity index (χ1n) is 5.92. The van der Waals surface area contributed by atoms with Crippen LogP contribution in [0, 0.1) is 5.41 Å². The molecule has 17 heavy (non-hydrogen) atoms. The molecule has 0 heterocycles. The van der Waals surface area contributed by atoms with Crippen molar-refractivity contribution in [2.45, 2.75) is 59.6 Å². The van der Waals surface area contributed by atoms with E-state index in [1.165, 1.54) is 0 Å². The summed E-state index contributed by atoms with van der Waals surface area (Å²) in [6, 6.07) is -0.954. The monoisotopic (exact) mass is 245 g/mol. The second kappa shape index (κ2) is 6.47. The molecule has 0 aromatic heterocycles. The van der Waals surface area contributed by atoms with Crippen molar-refractivity contribution in [3.63, 3.8) is 0 Å². The molecule has 0 bridgehead atoms. The fourth-order valence-electron chi connectivity index (χ4n) is 1.41. The molecule has 1 atom stereocenters. The summed E-state index contributed by atoms with van der Waals surface area (Å²) < 4.78 is 5.11. The van der Waals surface area contributed by atoms with Crippen molar-refractivity contribution in [1.82, 2.24) is 5.32 Å². The van der Waals surface area contributed by atoms with Gasteiger partial charge in [-0.3, -0.25) is 0 Å². The van der Waals surface area contributed by atoms with Crippen molar-refractivity contribution >= 4 is 12.1 Å². The lowest BCUT2D eigenvalue weighted by Crippen LogP contribution is -2.49. The van der Waals surface area contributed by atoms with Gasteiger partial charge in [-0.2, -0.15) is 0 Å². The van der Waals surface area contributed by atoms with Crippen molar-refractivity contribution in [3.8, 4) is 0 Å². The van der Waals surface area contributed by atoms with Crippen molar-refractivity contribution in [3.05, 3.63) is 0 Å². The quantitative estimate of drug-likeness (QED) is 0.779. The van der Waals surface area contributed by atoms with Gasteiger partial charge in [-0.25, -0.2) is 9.59 Å². The van der Waals surface area contributed by atoms with E-state index in [1.54, 1.807) is 20.8 Å². The number of aliphatic carboxylic acids is 1. The minimum Gasteiger partial charge on any atom is -0.480 e. The van der Waals surface area contributed by atoms with Crippen molar-refractivity contribution in [2.75, 3.05) is 0 Å². The molecule has 0 saturated carbocycles. The average Bonchev–Trinajstić information content (AvgIpc) is 2.20. The molecule has 0 rings (SSSR count). The van der Waals surface area contributed by atoms with Gasteiger partial charge in [0.15, 0.2) is 0 Å². The lowest BCUT2D eigenvalue weighted by molar-refractivity contribution is -0.142. The van der Waals surface area contributed by atoms with E-state index in [2.05, 4.69) is 5.32 Å². The SMILES string of the molecule is CCC(CC)OC(=O)N[C@H](C(=O)O)C(C)(C)C. The maximum Gasteiger partial charge on any atom is 0.408 e. The smallest absolute Gasteiger partial charge is 0.408 e. The van der Waals surface area contributed by atoms with Crippen LogP contribution in [0.15, 0.2) is 0 Å². The summed E-state index contributed by atoms with van der Waals surface area (Å²) in [5.74, 6) is -1.06. The first-order chi connectivity index (χ1) is 7.72. The van der Waals surface area contributed by atoms with Gasteiger partial charge in [0.1, 0.15) is 12.1 Å². The van der Waals surface area contributed by atoms with E-state index in [9.17, 15) is 9.59 Å². The largest absolute Gasteiger partial charge is 0.480 e. The zero-order valence-electron chi connectivity index (χ0n) is 11.2. The topological polar surface area (TPSA) is 75.6 Å². The lowest BCUT2D eigenvalue weighted by atomic mass is 9.87. The summed E-state index contributed by atoms with van der Waals surface area (Å²) >= 11 is 0. The molecule has 0 fully saturated rings. The van der Waals surface area contributed by atoms with Gasteiger partial charge >= 0.3 is 12.1 Å². The minimum atomic E-state index is -1.06. The minimum absolute atomic E-state index is 0.163. The van der Waals surface area contributed by atoms with E-state index < -0.39 is 23.5 Å². The molecule has 5 nitrogen and oxygen atoms in total. The highest BCUT2D eigenvalue weighted by Crippen LogP contribution is 2.19. The number of carbonyl (C=O) groups excluding carboxylic acids is 1. The number of rotatable bonds is 5. The Kier molecular flexibility index (Phi) is 5.99. The fraction of sp³-hybridized carbons (Fsp3) is 0.833. The first-order valence-corrected chi connectivity index (χ1v) is 5.92. The van der Waals surface area contributed by atoms with Crippen molar-refractivity contribution < 1.29 is 19.4 Å². The van der Waals surface area contributed by atoms with E-state index in [0.29, 0.717) is 0 Å². The Labute approximate surface area is 103 Å². The van der Waals surface area contributed by atoms with Gasteiger partial charge in [-0.05, 0) is 18.3 Å². The zero-order chi connectivity index (χ0) is 13.6. The van der Waals surface area contributed by atoms with Crippen LogP contribution in [0.25, 0.3) is 0 Å². The molecule has 0 aliphatic carbocycles. The second-order valence-electron chi connectivity index (χ2n) is 5.13. The highest BCUT2D eigenvalue weighted by Gasteiger charge is 2.33. The number of ether oxygens (including phenoxy) is 1. The van der Waals surface area contributed by atoms with E-state index in [1.807, 2.05) is 13.8 Å². The van der Waals surface area contributed by atoms with Gasteiger partial charge < -0.3 is 15.2 Å². The Hall–Kier alpha value is -1.26. The molecular weight excluding hydrogens is 222 g/mol.